The van der Waals surface area contributed by atoms with E-state index in [0.29, 0.717) is 33.9 Å². The number of para-hydroxylation sites is 3. The van der Waals surface area contributed by atoms with Crippen LogP contribution in [0.1, 0.15) is 123 Å². The van der Waals surface area contributed by atoms with Gasteiger partial charge in [0.15, 0.2) is 0 Å². The Balaban J connectivity index is 0.00000828. The van der Waals surface area contributed by atoms with Crippen LogP contribution in [-0.2, 0) is 42.7 Å². The Morgan fingerprint density at radius 2 is 1.13 bits per heavy atom. The first-order chi connectivity index (χ1) is 38.1. The normalized spacial score (nSPS) is 15.8. The summed E-state index contributed by atoms with van der Waals surface area (Å²) < 4.78 is 125. The third-order valence-corrected chi connectivity index (χ3v) is 12.6. The summed E-state index contributed by atoms with van der Waals surface area (Å²) in [5.41, 5.74) is 6.46. The number of hydrogen-bond donors (Lipinski definition) is 0. The second kappa shape index (κ2) is 18.1. The molecule has 0 fully saturated rings. The van der Waals surface area contributed by atoms with E-state index in [4.69, 9.17) is 17.1 Å². The van der Waals surface area contributed by atoms with Crippen molar-refractivity contribution in [3.05, 3.63) is 199 Å². The van der Waals surface area contributed by atoms with Gasteiger partial charge in [-0.05, 0) is 104 Å². The number of ether oxygens (including phenoxy) is 1. The second-order valence-corrected chi connectivity index (χ2v) is 21.8. The molecular formula is C64H63N4OPt-3. The zero-order valence-corrected chi connectivity index (χ0v) is 43.9. The summed E-state index contributed by atoms with van der Waals surface area (Å²) in [7, 11) is 0. The molecule has 2 aromatic heterocycles. The number of aromatic nitrogens is 2. The quantitative estimate of drug-likeness (QED) is 0.149. The molecular weight excluding hydrogens is 1040 g/mol. The molecule has 0 aliphatic carbocycles. The van der Waals surface area contributed by atoms with Crippen molar-refractivity contribution in [3.8, 4) is 39.6 Å². The van der Waals surface area contributed by atoms with E-state index in [1.807, 2.05) is 73.6 Å². The molecule has 0 radical (unpaired) electrons. The molecule has 3 heterocycles. The first-order valence-electron chi connectivity index (χ1n) is 29.7. The molecule has 9 aromatic rings. The van der Waals surface area contributed by atoms with Crippen LogP contribution in [0, 0.1) is 18.8 Å². The number of hydrogen-bond acceptors (Lipinski definition) is 4. The van der Waals surface area contributed by atoms with Crippen LogP contribution in [0.2, 0.25) is 0 Å². The molecule has 0 atom stereocenters. The third kappa shape index (κ3) is 9.22. The van der Waals surface area contributed by atoms with Crippen molar-refractivity contribution >= 4 is 44.6 Å². The maximum absolute atomic E-state index is 9.45. The molecule has 0 bridgehead atoms. The number of nitrogens with zero attached hydrogens (tertiary/aromatic N) is 4. The van der Waals surface area contributed by atoms with Gasteiger partial charge in [-0.15, -0.1) is 48.1 Å². The van der Waals surface area contributed by atoms with Crippen molar-refractivity contribution < 1.29 is 43.6 Å². The minimum atomic E-state index is -0.638. The molecule has 0 N–H and O–H groups in total. The summed E-state index contributed by atoms with van der Waals surface area (Å²) in [4.78, 5) is 8.34. The number of pyridine rings is 1. The van der Waals surface area contributed by atoms with Gasteiger partial charge in [-0.25, -0.2) is 4.98 Å². The molecule has 358 valence electrons. The fourth-order valence-corrected chi connectivity index (χ4v) is 8.64. The summed E-state index contributed by atoms with van der Waals surface area (Å²) >= 11 is 0. The van der Waals surface area contributed by atoms with Crippen LogP contribution >= 0.6 is 0 Å². The van der Waals surface area contributed by atoms with Crippen molar-refractivity contribution in [1.82, 2.24) is 9.55 Å². The fourth-order valence-electron chi connectivity index (χ4n) is 8.64. The van der Waals surface area contributed by atoms with Crippen molar-refractivity contribution in [3.63, 3.8) is 0 Å². The Labute approximate surface area is 448 Å². The van der Waals surface area contributed by atoms with Gasteiger partial charge < -0.3 is 19.1 Å². The third-order valence-electron chi connectivity index (χ3n) is 12.6. The Kier molecular flexibility index (Phi) is 8.99. The minimum Gasteiger partial charge on any atom is -0.509 e. The predicted octanol–water partition coefficient (Wildman–Crippen LogP) is 17.5. The van der Waals surface area contributed by atoms with E-state index >= 15 is 0 Å². The van der Waals surface area contributed by atoms with Crippen LogP contribution < -0.4 is 14.5 Å². The van der Waals surface area contributed by atoms with Gasteiger partial charge in [0, 0.05) is 73.8 Å². The average Bonchev–Trinajstić information content (AvgIpc) is 2.39. The Hall–Kier alpha value is -6.42. The minimum absolute atomic E-state index is 0. The van der Waals surface area contributed by atoms with Gasteiger partial charge in [-0.1, -0.05) is 167 Å². The van der Waals surface area contributed by atoms with Gasteiger partial charge in [-0.3, -0.25) is 0 Å². The van der Waals surface area contributed by atoms with E-state index in [1.165, 1.54) is 4.57 Å². The molecule has 7 aromatic carbocycles. The summed E-state index contributed by atoms with van der Waals surface area (Å²) in [6.07, 6.45) is -0.365. The van der Waals surface area contributed by atoms with Crippen LogP contribution in [0.5, 0.6) is 11.5 Å². The molecule has 1 aliphatic heterocycles. The van der Waals surface area contributed by atoms with Crippen LogP contribution in [0.3, 0.4) is 0 Å². The zero-order chi connectivity index (χ0) is 59.9. The first kappa shape index (κ1) is 34.8. The zero-order valence-electron chi connectivity index (χ0n) is 54.6. The van der Waals surface area contributed by atoms with Crippen molar-refractivity contribution in [2.75, 3.05) is 9.80 Å². The predicted molar refractivity (Wildman–Crippen MR) is 290 cm³/mol. The molecule has 0 spiro atoms. The summed E-state index contributed by atoms with van der Waals surface area (Å²) in [5.74, 6) is -0.0592. The van der Waals surface area contributed by atoms with Crippen molar-refractivity contribution in [1.29, 1.82) is 0 Å². The van der Waals surface area contributed by atoms with Gasteiger partial charge in [0.25, 0.3) is 0 Å². The van der Waals surface area contributed by atoms with E-state index in [2.05, 4.69) is 104 Å². The van der Waals surface area contributed by atoms with E-state index < -0.39 is 65.2 Å². The molecule has 0 saturated carbocycles. The maximum atomic E-state index is 9.45. The molecule has 0 amide bonds. The van der Waals surface area contributed by atoms with Crippen LogP contribution in [0.25, 0.3) is 49.9 Å². The fraction of sp³-hybridized carbons (Fsp3) is 0.250. The largest absolute Gasteiger partial charge is 0.509 e. The Morgan fingerprint density at radius 3 is 1.79 bits per heavy atom. The average molecular weight is 1110 g/mol. The Morgan fingerprint density at radius 1 is 0.529 bits per heavy atom. The Bertz CT molecular complexity index is 4110. The van der Waals surface area contributed by atoms with Gasteiger partial charge in [0.1, 0.15) is 5.82 Å². The summed E-state index contributed by atoms with van der Waals surface area (Å²) in [6, 6.07) is 26.8. The van der Waals surface area contributed by atoms with Crippen molar-refractivity contribution in [2.24, 2.45) is 0 Å². The van der Waals surface area contributed by atoms with Gasteiger partial charge in [0.2, 0.25) is 0 Å². The van der Waals surface area contributed by atoms with E-state index in [9.17, 15) is 5.48 Å². The van der Waals surface area contributed by atoms with Crippen molar-refractivity contribution in [2.45, 2.75) is 105 Å². The standard InChI is InChI=1S/C64H63N4O.Pt/c1-61(2,3)44-31-32-65-59(38-44)68-55-26-17-16-25-51(55)52-30-29-50(40-58(52)68)69-49-24-20-23-48(39-49)66-41-67(57-28-19-18-27-56(57)66)60-53(42-21-14-13-15-22-42)36-47(64(10,11)12)37-54(60)43-33-45(62(4,5)6)35-46(34-43)63(7,8)9;/h13-38,41H,1-12H3;/q-3;/i13D,14D,15D,16D,17D,21D,22D,25D,26D,29D,30D,31D,32D;. The number of anilines is 4. The van der Waals surface area contributed by atoms with Gasteiger partial charge >= 0.3 is 0 Å². The van der Waals surface area contributed by atoms with Crippen LogP contribution in [-0.4, -0.2) is 9.55 Å². The second-order valence-electron chi connectivity index (χ2n) is 21.8. The molecule has 0 saturated heterocycles. The van der Waals surface area contributed by atoms with Crippen LogP contribution in [0.15, 0.2) is 158 Å². The van der Waals surface area contributed by atoms with E-state index in [0.717, 1.165) is 27.8 Å². The van der Waals surface area contributed by atoms with Gasteiger partial charge in [0.05, 0.1) is 15.1 Å². The number of fused-ring (bicyclic) bond motifs is 4. The van der Waals surface area contributed by atoms with Gasteiger partial charge in [-0.2, -0.15) is 12.1 Å². The monoisotopic (exact) mass is 1110 g/mol. The molecule has 10 rings (SSSR count). The van der Waals surface area contributed by atoms with E-state index in [-0.39, 0.29) is 101 Å². The molecule has 0 unspecified atom stereocenters. The maximum Gasteiger partial charge on any atom is 0.135 e. The molecule has 1 aliphatic rings. The first-order valence-corrected chi connectivity index (χ1v) is 23.2. The SMILES string of the molecule is [2H]c1nc(-n2c3[c-]c(Oc4[c-]c(N5[CH-]N(c6c(-c7cc(C(C)(C)C)cc(C(C)(C)C)c7)cc(C(C)(C)C)cc6-c6c([2H])c([2H])c([2H])c([2H])c6[2H])c6ccccc65)ccc4)c([2H])c([2H])c3c3c([2H])c([2H])c([2H])c([2H])c32)cc(C(C)(C)C)c1[2H].[Pt]. The topological polar surface area (TPSA) is 33.5 Å². The smallest absolute Gasteiger partial charge is 0.135 e. The van der Waals surface area contributed by atoms with Crippen LogP contribution in [0.4, 0.5) is 22.7 Å². The number of rotatable bonds is 7. The molecule has 70 heavy (non-hydrogen) atoms. The summed E-state index contributed by atoms with van der Waals surface area (Å²) in [6.45, 7) is 26.8. The number of benzene rings is 7. The molecule has 5 nitrogen and oxygen atoms in total. The van der Waals surface area contributed by atoms with E-state index in [1.54, 1.807) is 18.2 Å². The summed E-state index contributed by atoms with van der Waals surface area (Å²) in [5, 5.41) is -0.0367. The molecule has 6 heteroatoms.